The molecule has 0 bridgehead atoms. The predicted molar refractivity (Wildman–Crippen MR) is 101 cm³/mol. The van der Waals surface area contributed by atoms with Crippen LogP contribution in [0.5, 0.6) is 5.75 Å². The number of ether oxygens (including phenoxy) is 1. The monoisotopic (exact) mass is 390 g/mol. The molecule has 1 unspecified atom stereocenters. The molecule has 0 saturated heterocycles. The van der Waals surface area contributed by atoms with E-state index >= 15 is 0 Å². The molecule has 142 valence electrons. The molecule has 0 radical (unpaired) electrons. The van der Waals surface area contributed by atoms with Crippen LogP contribution in [0.4, 0.5) is 4.39 Å². The van der Waals surface area contributed by atoms with Crippen LogP contribution < -0.4 is 4.74 Å². The molecule has 0 fully saturated rings. The molecule has 1 rings (SSSR count). The third-order valence-electron chi connectivity index (χ3n) is 4.62. The summed E-state index contributed by atoms with van der Waals surface area (Å²) >= 11 is 5.92. The van der Waals surface area contributed by atoms with E-state index in [1.54, 1.807) is 6.92 Å². The van der Waals surface area contributed by atoms with Crippen LogP contribution in [0, 0.1) is 5.82 Å². The van der Waals surface area contributed by atoms with Crippen LogP contribution in [0.1, 0.15) is 56.6 Å². The van der Waals surface area contributed by atoms with Crippen molar-refractivity contribution in [1.82, 2.24) is 0 Å². The highest BCUT2D eigenvalue weighted by molar-refractivity contribution is 6.74. The number of Topliss-reactive ketones (excluding diaryl/α,β-unsaturated/α-hetero) is 1. The molecular weight excluding hydrogens is 363 g/mol. The third-order valence-corrected chi connectivity index (χ3v) is 9.39. The topological polar surface area (TPSA) is 55.8 Å². The molecule has 1 atom stereocenters. The van der Waals surface area contributed by atoms with Gasteiger partial charge in [-0.2, -0.15) is 0 Å². The second-order valence-corrected chi connectivity index (χ2v) is 12.8. The summed E-state index contributed by atoms with van der Waals surface area (Å²) in [6.45, 7) is 13.5. The van der Waals surface area contributed by atoms with Gasteiger partial charge >= 0.3 is 0 Å². The fourth-order valence-electron chi connectivity index (χ4n) is 2.08. The number of carbonyl (C=O) groups is 1. The molecular formula is C18H28ClFO4Si. The van der Waals surface area contributed by atoms with Crippen LogP contribution in [-0.2, 0) is 4.43 Å². The summed E-state index contributed by atoms with van der Waals surface area (Å²) in [6.07, 6.45) is -1.28. The normalized spacial score (nSPS) is 13.7. The summed E-state index contributed by atoms with van der Waals surface area (Å²) in [7, 11) is -2.13. The van der Waals surface area contributed by atoms with Crippen LogP contribution in [0.15, 0.2) is 6.07 Å². The van der Waals surface area contributed by atoms with Crippen LogP contribution in [-0.4, -0.2) is 32.4 Å². The average Bonchev–Trinajstić information content (AvgIpc) is 2.47. The van der Waals surface area contributed by atoms with Gasteiger partial charge in [-0.15, -0.1) is 0 Å². The molecule has 0 spiro atoms. The number of halogens is 2. The molecule has 1 N–H and O–H groups in total. The van der Waals surface area contributed by atoms with E-state index in [0.29, 0.717) is 0 Å². The first-order valence-corrected chi connectivity index (χ1v) is 11.6. The maximum atomic E-state index is 14.6. The van der Waals surface area contributed by atoms with Crippen molar-refractivity contribution in [2.24, 2.45) is 0 Å². The molecule has 0 saturated carbocycles. The van der Waals surface area contributed by atoms with E-state index in [1.165, 1.54) is 13.0 Å². The quantitative estimate of drug-likeness (QED) is 0.517. The lowest BCUT2D eigenvalue weighted by molar-refractivity contribution is 0.0932. The van der Waals surface area contributed by atoms with Gasteiger partial charge in [0.25, 0.3) is 0 Å². The van der Waals surface area contributed by atoms with Crippen molar-refractivity contribution < 1.29 is 23.5 Å². The van der Waals surface area contributed by atoms with E-state index in [-0.39, 0.29) is 45.9 Å². The van der Waals surface area contributed by atoms with Crippen LogP contribution in [0.3, 0.4) is 0 Å². The number of hydrogen-bond donors (Lipinski definition) is 1. The number of carbonyl (C=O) groups excluding carboxylic acids is 1. The molecule has 1 aromatic carbocycles. The van der Waals surface area contributed by atoms with E-state index in [4.69, 9.17) is 20.8 Å². The Bertz CT molecular complexity index is 641. The van der Waals surface area contributed by atoms with Gasteiger partial charge in [0.1, 0.15) is 11.9 Å². The lowest BCUT2D eigenvalue weighted by Gasteiger charge is -2.37. The lowest BCUT2D eigenvalue weighted by atomic mass is 10.0. The molecule has 0 amide bonds. The van der Waals surface area contributed by atoms with Gasteiger partial charge in [0.15, 0.2) is 19.9 Å². The zero-order chi connectivity index (χ0) is 19.6. The zero-order valence-electron chi connectivity index (χ0n) is 16.0. The Morgan fingerprint density at radius 2 is 1.96 bits per heavy atom. The van der Waals surface area contributed by atoms with E-state index in [2.05, 4.69) is 20.8 Å². The van der Waals surface area contributed by atoms with E-state index in [9.17, 15) is 14.3 Å². The van der Waals surface area contributed by atoms with Crippen LogP contribution in [0.25, 0.3) is 0 Å². The average molecular weight is 391 g/mol. The zero-order valence-corrected chi connectivity index (χ0v) is 17.8. The first kappa shape index (κ1) is 22.1. The number of aliphatic hydroxyl groups is 1. The van der Waals surface area contributed by atoms with Gasteiger partial charge < -0.3 is 14.3 Å². The Kier molecular flexibility index (Phi) is 7.21. The molecule has 4 nitrogen and oxygen atoms in total. The Balaban J connectivity index is 3.28. The van der Waals surface area contributed by atoms with Gasteiger partial charge in [0.2, 0.25) is 0 Å². The summed E-state index contributed by atoms with van der Waals surface area (Å²) in [5, 5.41) is 10.3. The van der Waals surface area contributed by atoms with Crippen molar-refractivity contribution in [2.75, 3.05) is 13.2 Å². The van der Waals surface area contributed by atoms with Crippen molar-refractivity contribution in [3.63, 3.8) is 0 Å². The maximum absolute atomic E-state index is 14.6. The number of rotatable bonds is 7. The van der Waals surface area contributed by atoms with E-state index in [1.807, 2.05) is 13.1 Å². The Labute approximate surface area is 155 Å². The summed E-state index contributed by atoms with van der Waals surface area (Å²) < 4.78 is 26.0. The molecule has 0 aromatic heterocycles. The first-order chi connectivity index (χ1) is 11.3. The minimum absolute atomic E-state index is 0.0308. The standard InChI is InChI=1S/C18H28ClFO4Si/c1-8-23-17-12(11(2)21)9-13(19)16(20)15(17)14(22)10-24-25(6,7)18(3,4)5/h9,14,22H,8,10H2,1-7H3. The van der Waals surface area contributed by atoms with Crippen LogP contribution in [0.2, 0.25) is 23.2 Å². The molecule has 1 aromatic rings. The number of hydrogen-bond acceptors (Lipinski definition) is 4. The molecule has 7 heteroatoms. The fourth-order valence-corrected chi connectivity index (χ4v) is 3.29. The van der Waals surface area contributed by atoms with Gasteiger partial charge in [-0.05, 0) is 38.0 Å². The van der Waals surface area contributed by atoms with Gasteiger partial charge in [0.05, 0.1) is 29.4 Å². The second-order valence-electron chi connectivity index (χ2n) is 7.54. The van der Waals surface area contributed by atoms with E-state index < -0.39 is 20.2 Å². The summed E-state index contributed by atoms with van der Waals surface area (Å²) in [6, 6.07) is 1.23. The molecule has 0 heterocycles. The van der Waals surface area contributed by atoms with Crippen molar-refractivity contribution >= 4 is 25.7 Å². The molecule has 25 heavy (non-hydrogen) atoms. The molecule has 0 aliphatic heterocycles. The highest BCUT2D eigenvalue weighted by Crippen LogP contribution is 2.40. The first-order valence-electron chi connectivity index (χ1n) is 8.31. The molecule has 0 aliphatic carbocycles. The van der Waals surface area contributed by atoms with Gasteiger partial charge in [-0.1, -0.05) is 32.4 Å². The van der Waals surface area contributed by atoms with Gasteiger partial charge in [-0.3, -0.25) is 4.79 Å². The minimum atomic E-state index is -2.13. The van der Waals surface area contributed by atoms with Crippen molar-refractivity contribution in [2.45, 2.75) is 58.9 Å². The molecule has 0 aliphatic rings. The van der Waals surface area contributed by atoms with Gasteiger partial charge in [0, 0.05) is 0 Å². The Morgan fingerprint density at radius 3 is 2.40 bits per heavy atom. The van der Waals surface area contributed by atoms with Crippen LogP contribution >= 0.6 is 11.6 Å². The minimum Gasteiger partial charge on any atom is -0.493 e. The summed E-state index contributed by atoms with van der Waals surface area (Å²) in [5.74, 6) is -1.08. The van der Waals surface area contributed by atoms with Crippen molar-refractivity contribution in [3.05, 3.63) is 28.0 Å². The number of aliphatic hydroxyl groups excluding tert-OH is 1. The van der Waals surface area contributed by atoms with E-state index in [0.717, 1.165) is 0 Å². The highest BCUT2D eigenvalue weighted by Gasteiger charge is 2.38. The number of ketones is 1. The summed E-state index contributed by atoms with van der Waals surface area (Å²) in [4.78, 5) is 11.9. The van der Waals surface area contributed by atoms with Crippen molar-refractivity contribution in [3.8, 4) is 5.75 Å². The predicted octanol–water partition coefficient (Wildman–Crippen LogP) is 5.14. The summed E-state index contributed by atoms with van der Waals surface area (Å²) in [5.41, 5.74) is 0.0212. The largest absolute Gasteiger partial charge is 0.493 e. The number of benzene rings is 1. The second kappa shape index (κ2) is 8.16. The highest BCUT2D eigenvalue weighted by atomic mass is 35.5. The lowest BCUT2D eigenvalue weighted by Crippen LogP contribution is -2.41. The maximum Gasteiger partial charge on any atom is 0.192 e. The third kappa shape index (κ3) is 5.03. The smallest absolute Gasteiger partial charge is 0.192 e. The Morgan fingerprint density at radius 1 is 1.40 bits per heavy atom. The van der Waals surface area contributed by atoms with Crippen molar-refractivity contribution in [1.29, 1.82) is 0 Å². The SMILES string of the molecule is CCOc1c(C(C)=O)cc(Cl)c(F)c1C(O)CO[Si](C)(C)C(C)(C)C. The van der Waals surface area contributed by atoms with Gasteiger partial charge in [-0.25, -0.2) is 4.39 Å². The fraction of sp³-hybridized carbons (Fsp3) is 0.611. The Hall–Kier alpha value is -0.953.